The molecule has 7 heteroatoms. The molecule has 1 aliphatic heterocycles. The molecule has 10 aromatic rings. The van der Waals surface area contributed by atoms with E-state index in [4.69, 9.17) is 0 Å². The van der Waals surface area contributed by atoms with Crippen LogP contribution in [0.3, 0.4) is 0 Å². The van der Waals surface area contributed by atoms with Crippen LogP contribution in [0, 0.1) is 0 Å². The number of hydrogen-bond acceptors (Lipinski definition) is 3. The lowest BCUT2D eigenvalue weighted by molar-refractivity contribution is 1.18. The molecule has 7 nitrogen and oxygen atoms in total. The molecule has 11 rings (SSSR count). The third kappa shape index (κ3) is 5.25. The second-order valence-corrected chi connectivity index (χ2v) is 14.0. The summed E-state index contributed by atoms with van der Waals surface area (Å²) in [6.07, 6.45) is 11.1. The molecule has 0 spiro atoms. The molecule has 0 aliphatic carbocycles. The Kier molecular flexibility index (Phi) is 7.35. The molecule has 3 aromatic carbocycles. The van der Waals surface area contributed by atoms with Gasteiger partial charge in [0.2, 0.25) is 0 Å². The SMILES string of the molecule is c1ccc2c(C3=c4ccc([nH]4)=C(c4ccncc4)c4ccc([nH]4)C(c4ccncc4)=c4ccc([nH]4)=C(c4ccncc4)c4ccc3[nH]4)c3ccccc3cc2c1. The molecule has 0 saturated heterocycles. The van der Waals surface area contributed by atoms with E-state index in [-0.39, 0.29) is 0 Å². The third-order valence-corrected chi connectivity index (χ3v) is 10.8. The highest BCUT2D eigenvalue weighted by molar-refractivity contribution is 6.11. The Morgan fingerprint density at radius 2 is 0.643 bits per heavy atom. The Hall–Kier alpha value is -7.77. The number of hydrogen-bond donors (Lipinski definition) is 4. The molecule has 1 aliphatic rings. The quantitative estimate of drug-likeness (QED) is 0.151. The standard InChI is InChI=1S/C49H33N7/c1-3-7-35-33(5-1)29-34-6-2-4-8-36(34)48(35)49-43-15-13-41(55-43)46(31-19-25-51-26-20-31)39-11-9-37(53-39)45(30-17-23-50-24-18-30)38-10-12-40(54-38)47(32-21-27-52-28-22-32)42-14-16-44(49)56-42/h1-29,53-56H. The van der Waals surface area contributed by atoms with Gasteiger partial charge in [-0.25, -0.2) is 0 Å². The lowest BCUT2D eigenvalue weighted by atomic mass is 9.90. The van der Waals surface area contributed by atoms with Gasteiger partial charge < -0.3 is 19.9 Å². The monoisotopic (exact) mass is 719 g/mol. The van der Waals surface area contributed by atoms with Crippen LogP contribution in [0.5, 0.6) is 0 Å². The van der Waals surface area contributed by atoms with Crippen LogP contribution in [0.4, 0.5) is 0 Å². The smallest absolute Gasteiger partial charge is 0.0486 e. The van der Waals surface area contributed by atoms with Crippen LogP contribution in [0.1, 0.15) is 45.0 Å². The van der Waals surface area contributed by atoms with Crippen molar-refractivity contribution in [3.05, 3.63) is 243 Å². The van der Waals surface area contributed by atoms with Gasteiger partial charge in [-0.2, -0.15) is 0 Å². The van der Waals surface area contributed by atoms with Gasteiger partial charge in [-0.15, -0.1) is 0 Å². The van der Waals surface area contributed by atoms with Gasteiger partial charge in [0.15, 0.2) is 0 Å². The van der Waals surface area contributed by atoms with Crippen molar-refractivity contribution < 1.29 is 0 Å². The lowest BCUT2D eigenvalue weighted by Gasteiger charge is -2.15. The number of pyridine rings is 3. The first kappa shape index (κ1) is 31.7. The van der Waals surface area contributed by atoms with Crippen LogP contribution >= 0.6 is 0 Å². The third-order valence-electron chi connectivity index (χ3n) is 10.8. The fourth-order valence-corrected chi connectivity index (χ4v) is 8.37. The van der Waals surface area contributed by atoms with Crippen LogP contribution in [0.15, 0.2) is 177 Å². The number of benzene rings is 3. The predicted molar refractivity (Wildman–Crippen MR) is 222 cm³/mol. The Bertz CT molecular complexity index is 3290. The zero-order valence-electron chi connectivity index (χ0n) is 30.1. The first-order valence-electron chi connectivity index (χ1n) is 18.7. The summed E-state index contributed by atoms with van der Waals surface area (Å²) in [4.78, 5) is 28.6. The largest absolute Gasteiger partial charge is 0.354 e. The number of aromatic amines is 4. The van der Waals surface area contributed by atoms with Crippen LogP contribution < -0.4 is 21.4 Å². The molecule has 0 unspecified atom stereocenters. The summed E-state index contributed by atoms with van der Waals surface area (Å²) < 4.78 is 0. The van der Waals surface area contributed by atoms with E-state index in [1.165, 1.54) is 27.1 Å². The second kappa shape index (κ2) is 13.0. The van der Waals surface area contributed by atoms with E-state index < -0.39 is 0 Å². The van der Waals surface area contributed by atoms with E-state index in [1.807, 2.05) is 37.2 Å². The maximum Gasteiger partial charge on any atom is 0.0486 e. The first-order chi connectivity index (χ1) is 27.8. The zero-order chi connectivity index (χ0) is 37.0. The summed E-state index contributed by atoms with van der Waals surface area (Å²) in [6.45, 7) is 0. The summed E-state index contributed by atoms with van der Waals surface area (Å²) in [5.74, 6) is 0. The summed E-state index contributed by atoms with van der Waals surface area (Å²) in [6, 6.07) is 49.5. The van der Waals surface area contributed by atoms with E-state index in [9.17, 15) is 0 Å². The fourth-order valence-electron chi connectivity index (χ4n) is 8.37. The van der Waals surface area contributed by atoms with Crippen molar-refractivity contribution in [2.24, 2.45) is 0 Å². The van der Waals surface area contributed by atoms with Crippen molar-refractivity contribution in [2.75, 3.05) is 0 Å². The fraction of sp³-hybridized carbons (Fsp3) is 0. The molecular formula is C49H33N7. The minimum Gasteiger partial charge on any atom is -0.354 e. The highest BCUT2D eigenvalue weighted by atomic mass is 14.8. The number of nitrogens with one attached hydrogen (secondary N) is 4. The number of nitrogens with zero attached hydrogens (tertiary/aromatic N) is 3. The van der Waals surface area contributed by atoms with Gasteiger partial charge >= 0.3 is 0 Å². The Morgan fingerprint density at radius 3 is 1.04 bits per heavy atom. The van der Waals surface area contributed by atoms with Gasteiger partial charge in [-0.1, -0.05) is 48.5 Å². The molecule has 0 saturated carbocycles. The second-order valence-electron chi connectivity index (χ2n) is 14.0. The summed E-state index contributed by atoms with van der Waals surface area (Å²) in [7, 11) is 0. The van der Waals surface area contributed by atoms with Crippen molar-refractivity contribution >= 4 is 43.8 Å². The van der Waals surface area contributed by atoms with Crippen LogP contribution in [-0.4, -0.2) is 34.9 Å². The summed E-state index contributed by atoms with van der Waals surface area (Å²) in [5.41, 5.74) is 12.5. The molecule has 264 valence electrons. The number of H-pyrrole nitrogens is 4. The molecule has 0 radical (unpaired) electrons. The van der Waals surface area contributed by atoms with Crippen molar-refractivity contribution in [1.82, 2.24) is 34.9 Å². The average molecular weight is 720 g/mol. The zero-order valence-corrected chi connectivity index (χ0v) is 30.1. The van der Waals surface area contributed by atoms with Crippen LogP contribution in [0.2, 0.25) is 0 Å². The van der Waals surface area contributed by atoms with Crippen LogP contribution in [-0.2, 0) is 0 Å². The minimum absolute atomic E-state index is 0.979. The highest BCUT2D eigenvalue weighted by Gasteiger charge is 2.20. The molecule has 56 heavy (non-hydrogen) atoms. The maximum absolute atomic E-state index is 4.37. The van der Waals surface area contributed by atoms with E-state index in [0.29, 0.717) is 0 Å². The maximum atomic E-state index is 4.37. The minimum atomic E-state index is 0.979. The van der Waals surface area contributed by atoms with E-state index >= 15 is 0 Å². The van der Waals surface area contributed by atoms with Gasteiger partial charge in [0.1, 0.15) is 0 Å². The lowest BCUT2D eigenvalue weighted by Crippen LogP contribution is -2.19. The molecule has 0 atom stereocenters. The van der Waals surface area contributed by atoms with Gasteiger partial charge in [-0.05, 0) is 129 Å². The van der Waals surface area contributed by atoms with E-state index in [2.05, 4.69) is 174 Å². The Balaban J connectivity index is 1.32. The number of fused-ring (bicyclic) bond motifs is 10. The van der Waals surface area contributed by atoms with Crippen molar-refractivity contribution in [3.63, 3.8) is 0 Å². The molecule has 8 heterocycles. The van der Waals surface area contributed by atoms with E-state index in [1.54, 1.807) is 0 Å². The highest BCUT2D eigenvalue weighted by Crippen LogP contribution is 2.36. The summed E-state index contributed by atoms with van der Waals surface area (Å²) >= 11 is 0. The van der Waals surface area contributed by atoms with Crippen molar-refractivity contribution in [3.8, 4) is 0 Å². The molecule has 0 fully saturated rings. The average Bonchev–Trinajstić information content (AvgIpc) is 4.10. The van der Waals surface area contributed by atoms with Gasteiger partial charge in [0, 0.05) is 109 Å². The summed E-state index contributed by atoms with van der Waals surface area (Å²) in [5, 5.41) is 8.68. The first-order valence-corrected chi connectivity index (χ1v) is 18.7. The van der Waals surface area contributed by atoms with Gasteiger partial charge in [0.05, 0.1) is 0 Å². The van der Waals surface area contributed by atoms with Crippen molar-refractivity contribution in [2.45, 2.75) is 0 Å². The van der Waals surface area contributed by atoms with Crippen molar-refractivity contribution in [1.29, 1.82) is 0 Å². The van der Waals surface area contributed by atoms with Gasteiger partial charge in [-0.3, -0.25) is 15.0 Å². The molecular weight excluding hydrogens is 687 g/mol. The Labute approximate surface area is 320 Å². The topological polar surface area (TPSA) is 102 Å². The Morgan fingerprint density at radius 1 is 0.304 bits per heavy atom. The molecule has 4 N–H and O–H groups in total. The van der Waals surface area contributed by atoms with Crippen LogP contribution in [0.25, 0.3) is 43.8 Å². The number of rotatable bonds is 4. The predicted octanol–water partition coefficient (Wildman–Crippen LogP) is 6.79. The van der Waals surface area contributed by atoms with Gasteiger partial charge in [0.25, 0.3) is 0 Å². The molecule has 7 aromatic heterocycles. The van der Waals surface area contributed by atoms with E-state index in [0.717, 1.165) is 83.2 Å². The molecule has 0 amide bonds. The molecule has 8 bridgehead atoms. The number of aromatic nitrogens is 7. The normalized spacial score (nSPS) is 12.9.